The molecule has 0 fully saturated rings. The van der Waals surface area contributed by atoms with Gasteiger partial charge in [0.25, 0.3) is 5.56 Å². The Labute approximate surface area is 152 Å². The van der Waals surface area contributed by atoms with Crippen LogP contribution in [-0.2, 0) is 16.1 Å². The second kappa shape index (κ2) is 9.41. The second-order valence-corrected chi connectivity index (χ2v) is 6.23. The average molecular weight is 357 g/mol. The first-order chi connectivity index (χ1) is 12.4. The second-order valence-electron chi connectivity index (χ2n) is 6.23. The largest absolute Gasteiger partial charge is 0.449 e. The van der Waals surface area contributed by atoms with Crippen LogP contribution in [-0.4, -0.2) is 23.2 Å². The highest BCUT2D eigenvalue weighted by molar-refractivity contribution is 5.92. The van der Waals surface area contributed by atoms with Crippen LogP contribution < -0.4 is 16.2 Å². The zero-order valence-electron chi connectivity index (χ0n) is 14.9. The third kappa shape index (κ3) is 6.43. The molecule has 2 amide bonds. The molecule has 26 heavy (non-hydrogen) atoms. The predicted octanol–water partition coefficient (Wildman–Crippen LogP) is 3.08. The Morgan fingerprint density at radius 3 is 2.50 bits per heavy atom. The number of carbonyl (C=O) groups excluding carboxylic acids is 2. The first-order valence-electron chi connectivity index (χ1n) is 8.43. The Morgan fingerprint density at radius 2 is 1.81 bits per heavy atom. The number of aromatic nitrogens is 1. The summed E-state index contributed by atoms with van der Waals surface area (Å²) in [6.07, 6.45) is 1.27. The summed E-state index contributed by atoms with van der Waals surface area (Å²) in [5.74, 6) is 0.0313. The van der Waals surface area contributed by atoms with Gasteiger partial charge in [-0.2, -0.15) is 0 Å². The molecule has 2 rings (SSSR count). The van der Waals surface area contributed by atoms with Crippen LogP contribution in [0, 0.1) is 5.92 Å². The monoisotopic (exact) mass is 357 g/mol. The number of ether oxygens (including phenoxy) is 1. The number of aryl methyl sites for hydroxylation is 1. The van der Waals surface area contributed by atoms with Crippen molar-refractivity contribution >= 4 is 23.4 Å². The van der Waals surface area contributed by atoms with Crippen molar-refractivity contribution in [2.45, 2.75) is 26.8 Å². The lowest BCUT2D eigenvalue weighted by molar-refractivity contribution is -0.116. The fraction of sp³-hybridized carbons (Fsp3) is 0.316. The number of rotatable bonds is 7. The number of hydrogen-bond donors (Lipinski definition) is 2. The van der Waals surface area contributed by atoms with Crippen molar-refractivity contribution in [3.63, 3.8) is 0 Å². The molecule has 2 aromatic rings. The van der Waals surface area contributed by atoms with E-state index < -0.39 is 6.09 Å². The molecule has 0 saturated carbocycles. The smallest absolute Gasteiger partial charge is 0.411 e. The normalized spacial score (nSPS) is 10.4. The number of pyridine rings is 1. The van der Waals surface area contributed by atoms with E-state index in [0.29, 0.717) is 24.5 Å². The lowest BCUT2D eigenvalue weighted by Gasteiger charge is -2.11. The molecule has 0 aliphatic carbocycles. The molecule has 1 aromatic heterocycles. The zero-order chi connectivity index (χ0) is 18.9. The van der Waals surface area contributed by atoms with Crippen molar-refractivity contribution in [1.29, 1.82) is 0 Å². The fourth-order valence-corrected chi connectivity index (χ4v) is 2.16. The number of hydrogen-bond acceptors (Lipinski definition) is 4. The summed E-state index contributed by atoms with van der Waals surface area (Å²) in [4.78, 5) is 35.4. The average Bonchev–Trinajstić information content (AvgIpc) is 2.59. The summed E-state index contributed by atoms with van der Waals surface area (Å²) >= 11 is 0. The quantitative estimate of drug-likeness (QED) is 0.797. The van der Waals surface area contributed by atoms with Gasteiger partial charge in [0.2, 0.25) is 5.91 Å². The van der Waals surface area contributed by atoms with Gasteiger partial charge < -0.3 is 14.6 Å². The van der Waals surface area contributed by atoms with E-state index in [4.69, 9.17) is 4.74 Å². The first kappa shape index (κ1) is 19.2. The van der Waals surface area contributed by atoms with Gasteiger partial charge >= 0.3 is 6.09 Å². The van der Waals surface area contributed by atoms with Crippen LogP contribution in [0.1, 0.15) is 20.3 Å². The van der Waals surface area contributed by atoms with Gasteiger partial charge in [-0.3, -0.25) is 14.9 Å². The van der Waals surface area contributed by atoms with E-state index in [0.717, 1.165) is 0 Å². The highest BCUT2D eigenvalue weighted by atomic mass is 16.5. The van der Waals surface area contributed by atoms with Crippen LogP contribution in [0.5, 0.6) is 0 Å². The van der Waals surface area contributed by atoms with Crippen LogP contribution in [0.25, 0.3) is 0 Å². The highest BCUT2D eigenvalue weighted by Gasteiger charge is 2.07. The van der Waals surface area contributed by atoms with Crippen molar-refractivity contribution in [3.8, 4) is 0 Å². The van der Waals surface area contributed by atoms with Crippen LogP contribution in [0.2, 0.25) is 0 Å². The molecular formula is C19H23N3O4. The van der Waals surface area contributed by atoms with Crippen molar-refractivity contribution in [2.24, 2.45) is 5.92 Å². The maximum atomic E-state index is 12.1. The first-order valence-corrected chi connectivity index (χ1v) is 8.43. The summed E-state index contributed by atoms with van der Waals surface area (Å²) in [7, 11) is 0. The topological polar surface area (TPSA) is 89.4 Å². The molecule has 7 heteroatoms. The van der Waals surface area contributed by atoms with Crippen molar-refractivity contribution in [1.82, 2.24) is 4.57 Å². The summed E-state index contributed by atoms with van der Waals surface area (Å²) in [5.41, 5.74) is 0.930. The minimum atomic E-state index is -0.536. The molecule has 1 heterocycles. The molecule has 0 aliphatic rings. The number of anilines is 2. The van der Waals surface area contributed by atoms with Gasteiger partial charge in [-0.25, -0.2) is 4.79 Å². The Bertz CT molecular complexity index is 814. The maximum absolute atomic E-state index is 12.1. The Morgan fingerprint density at radius 1 is 1.08 bits per heavy atom. The molecule has 0 unspecified atom stereocenters. The van der Waals surface area contributed by atoms with Crippen LogP contribution in [0.15, 0.2) is 53.5 Å². The molecule has 0 spiro atoms. The van der Waals surface area contributed by atoms with Gasteiger partial charge in [0, 0.05) is 36.6 Å². The van der Waals surface area contributed by atoms with E-state index in [2.05, 4.69) is 10.6 Å². The number of nitrogens with zero attached hydrogens (tertiary/aromatic N) is 1. The number of carbonyl (C=O) groups is 2. The van der Waals surface area contributed by atoms with Gasteiger partial charge in [0.15, 0.2) is 0 Å². The van der Waals surface area contributed by atoms with E-state index in [9.17, 15) is 14.4 Å². The van der Waals surface area contributed by atoms with Crippen LogP contribution in [0.3, 0.4) is 0 Å². The number of nitrogens with one attached hydrogen (secondary N) is 2. The van der Waals surface area contributed by atoms with Crippen molar-refractivity contribution in [3.05, 3.63) is 59.0 Å². The highest BCUT2D eigenvalue weighted by Crippen LogP contribution is 2.15. The minimum absolute atomic E-state index is 0.147. The predicted molar refractivity (Wildman–Crippen MR) is 100 cm³/mol. The molecule has 0 aliphatic heterocycles. The summed E-state index contributed by atoms with van der Waals surface area (Å²) in [6.45, 7) is 4.53. The lowest BCUT2D eigenvalue weighted by atomic mass is 10.2. The van der Waals surface area contributed by atoms with E-state index in [1.165, 1.54) is 10.6 Å². The zero-order valence-corrected chi connectivity index (χ0v) is 14.9. The molecule has 2 N–H and O–H groups in total. The molecular weight excluding hydrogens is 334 g/mol. The Kier molecular flexibility index (Phi) is 6.96. The lowest BCUT2D eigenvalue weighted by Crippen LogP contribution is -2.21. The van der Waals surface area contributed by atoms with Crippen molar-refractivity contribution in [2.75, 3.05) is 17.2 Å². The molecule has 0 saturated heterocycles. The third-order valence-corrected chi connectivity index (χ3v) is 3.42. The third-order valence-electron chi connectivity index (χ3n) is 3.42. The summed E-state index contributed by atoms with van der Waals surface area (Å²) < 4.78 is 6.53. The van der Waals surface area contributed by atoms with Gasteiger partial charge in [0.05, 0.1) is 6.61 Å². The maximum Gasteiger partial charge on any atom is 0.411 e. The molecule has 0 atom stereocenters. The van der Waals surface area contributed by atoms with Gasteiger partial charge in [-0.15, -0.1) is 0 Å². The van der Waals surface area contributed by atoms with E-state index in [1.54, 1.807) is 42.6 Å². The van der Waals surface area contributed by atoms with Gasteiger partial charge in [0.1, 0.15) is 0 Å². The Balaban J connectivity index is 1.87. The van der Waals surface area contributed by atoms with E-state index in [1.807, 2.05) is 13.8 Å². The SMILES string of the molecule is CC(C)COC(=O)Nc1cccc(NC(=O)CCn2ccccc2=O)c1. The standard InChI is InChI=1S/C19H23N3O4/c1-14(2)13-26-19(25)21-16-7-5-6-15(12-16)20-17(23)9-11-22-10-4-3-8-18(22)24/h3-8,10,12,14H,9,11,13H2,1-2H3,(H,20,23)(H,21,25). The van der Waals surface area contributed by atoms with E-state index >= 15 is 0 Å². The van der Waals surface area contributed by atoms with Gasteiger partial charge in [-0.05, 0) is 30.2 Å². The van der Waals surface area contributed by atoms with Crippen LogP contribution >= 0.6 is 0 Å². The molecule has 0 bridgehead atoms. The summed E-state index contributed by atoms with van der Waals surface area (Å²) in [6, 6.07) is 11.6. The molecule has 7 nitrogen and oxygen atoms in total. The number of benzene rings is 1. The van der Waals surface area contributed by atoms with Crippen molar-refractivity contribution < 1.29 is 14.3 Å². The summed E-state index contributed by atoms with van der Waals surface area (Å²) in [5, 5.41) is 5.37. The Hall–Kier alpha value is -3.09. The van der Waals surface area contributed by atoms with E-state index in [-0.39, 0.29) is 23.8 Å². The fourth-order valence-electron chi connectivity index (χ4n) is 2.16. The molecule has 0 radical (unpaired) electrons. The van der Waals surface area contributed by atoms with Crippen LogP contribution in [0.4, 0.5) is 16.2 Å². The number of amides is 2. The molecule has 1 aromatic carbocycles. The van der Waals surface area contributed by atoms with Gasteiger partial charge in [-0.1, -0.05) is 26.0 Å². The molecule has 138 valence electrons. The minimum Gasteiger partial charge on any atom is -0.449 e.